The molecule has 0 fully saturated rings. The molecule has 0 bridgehead atoms. The van der Waals surface area contributed by atoms with Crippen molar-refractivity contribution < 1.29 is 5.11 Å². The predicted octanol–water partition coefficient (Wildman–Crippen LogP) is 3.74. The van der Waals surface area contributed by atoms with Gasteiger partial charge in [-0.25, -0.2) is 0 Å². The highest BCUT2D eigenvalue weighted by Gasteiger charge is 2.22. The first-order valence-electron chi connectivity index (χ1n) is 7.50. The predicted molar refractivity (Wildman–Crippen MR) is 76.3 cm³/mol. The van der Waals surface area contributed by atoms with E-state index in [1.807, 2.05) is 0 Å². The van der Waals surface area contributed by atoms with Crippen molar-refractivity contribution in [1.82, 2.24) is 5.32 Å². The van der Waals surface area contributed by atoms with E-state index in [-0.39, 0.29) is 0 Å². The van der Waals surface area contributed by atoms with E-state index < -0.39 is 0 Å². The van der Waals surface area contributed by atoms with E-state index >= 15 is 0 Å². The van der Waals surface area contributed by atoms with E-state index in [0.717, 1.165) is 19.5 Å². The highest BCUT2D eigenvalue weighted by Crippen LogP contribution is 2.33. The molecule has 0 saturated heterocycles. The van der Waals surface area contributed by atoms with Gasteiger partial charge in [-0.15, -0.1) is 0 Å². The summed E-state index contributed by atoms with van der Waals surface area (Å²) in [5.41, 5.74) is 0.526. The average molecular weight is 243 g/mol. The molecule has 104 valence electrons. The smallest absolute Gasteiger partial charge is 0.0443 e. The van der Waals surface area contributed by atoms with Gasteiger partial charge in [0.2, 0.25) is 0 Å². The molecule has 0 amide bonds. The lowest BCUT2D eigenvalue weighted by molar-refractivity contribution is 0.230. The van der Waals surface area contributed by atoms with Gasteiger partial charge in [0.15, 0.2) is 0 Å². The Morgan fingerprint density at radius 2 is 1.47 bits per heavy atom. The average Bonchev–Trinajstić information content (AvgIpc) is 2.34. The van der Waals surface area contributed by atoms with Crippen LogP contribution in [0, 0.1) is 5.41 Å². The third kappa shape index (κ3) is 9.61. The fraction of sp³-hybridized carbons (Fsp3) is 1.00. The number of rotatable bonds is 12. The van der Waals surface area contributed by atoms with Gasteiger partial charge in [-0.05, 0) is 44.2 Å². The summed E-state index contributed by atoms with van der Waals surface area (Å²) in [6.07, 6.45) is 10.2. The van der Waals surface area contributed by atoms with Crippen LogP contribution < -0.4 is 5.32 Å². The van der Waals surface area contributed by atoms with Crippen LogP contribution in [-0.4, -0.2) is 24.8 Å². The zero-order valence-electron chi connectivity index (χ0n) is 12.2. The van der Waals surface area contributed by atoms with Crippen molar-refractivity contribution in [2.45, 2.75) is 72.1 Å². The summed E-state index contributed by atoms with van der Waals surface area (Å²) in [5.74, 6) is 0. The molecule has 0 radical (unpaired) electrons. The van der Waals surface area contributed by atoms with Crippen LogP contribution >= 0.6 is 0 Å². The highest BCUT2D eigenvalue weighted by molar-refractivity contribution is 4.75. The molecule has 0 atom stereocenters. The lowest BCUT2D eigenvalue weighted by Gasteiger charge is -2.30. The second kappa shape index (κ2) is 11.0. The lowest BCUT2D eigenvalue weighted by Crippen LogP contribution is -2.25. The van der Waals surface area contributed by atoms with E-state index in [2.05, 4.69) is 26.1 Å². The molecule has 0 rings (SSSR count). The van der Waals surface area contributed by atoms with Gasteiger partial charge in [0.1, 0.15) is 0 Å². The third-order valence-corrected chi connectivity index (χ3v) is 3.68. The lowest BCUT2D eigenvalue weighted by atomic mass is 9.77. The molecule has 0 aliphatic carbocycles. The minimum Gasteiger partial charge on any atom is -0.396 e. The monoisotopic (exact) mass is 243 g/mol. The van der Waals surface area contributed by atoms with Crippen LogP contribution in [0.4, 0.5) is 0 Å². The Hall–Kier alpha value is -0.0800. The Morgan fingerprint density at radius 1 is 0.882 bits per heavy atom. The van der Waals surface area contributed by atoms with E-state index in [1.165, 1.54) is 44.9 Å². The van der Waals surface area contributed by atoms with Gasteiger partial charge in [0.25, 0.3) is 0 Å². The van der Waals surface area contributed by atoms with Crippen LogP contribution in [0.5, 0.6) is 0 Å². The van der Waals surface area contributed by atoms with Crippen molar-refractivity contribution in [3.05, 3.63) is 0 Å². The number of hydrogen-bond acceptors (Lipinski definition) is 2. The van der Waals surface area contributed by atoms with E-state index in [0.29, 0.717) is 12.0 Å². The zero-order chi connectivity index (χ0) is 13.0. The fourth-order valence-corrected chi connectivity index (χ4v) is 2.30. The van der Waals surface area contributed by atoms with Crippen molar-refractivity contribution >= 4 is 0 Å². The van der Waals surface area contributed by atoms with Gasteiger partial charge in [0, 0.05) is 6.61 Å². The van der Waals surface area contributed by atoms with Gasteiger partial charge >= 0.3 is 0 Å². The largest absolute Gasteiger partial charge is 0.396 e. The molecule has 0 aliphatic heterocycles. The highest BCUT2D eigenvalue weighted by atomic mass is 16.3. The number of nitrogens with one attached hydrogen (secondary N) is 1. The zero-order valence-corrected chi connectivity index (χ0v) is 12.2. The summed E-state index contributed by atoms with van der Waals surface area (Å²) in [6.45, 7) is 9.36. The molecule has 0 spiro atoms. The molecule has 2 heteroatoms. The SMILES string of the molecule is CCCCC(C)(CCCC)CCNCCCO. The van der Waals surface area contributed by atoms with Crippen molar-refractivity contribution in [2.24, 2.45) is 5.41 Å². The molecule has 2 N–H and O–H groups in total. The Balaban J connectivity index is 3.82. The fourth-order valence-electron chi connectivity index (χ4n) is 2.30. The maximum atomic E-state index is 8.72. The van der Waals surface area contributed by atoms with Crippen LogP contribution in [0.2, 0.25) is 0 Å². The Labute approximate surface area is 108 Å². The van der Waals surface area contributed by atoms with E-state index in [9.17, 15) is 0 Å². The first-order valence-corrected chi connectivity index (χ1v) is 7.50. The standard InChI is InChI=1S/C15H33NO/c1-4-6-9-15(3,10-7-5-2)11-13-16-12-8-14-17/h16-17H,4-14H2,1-3H3. The molecule has 17 heavy (non-hydrogen) atoms. The van der Waals surface area contributed by atoms with Crippen LogP contribution in [0.15, 0.2) is 0 Å². The quantitative estimate of drug-likeness (QED) is 0.512. The molecule has 0 aromatic heterocycles. The van der Waals surface area contributed by atoms with Gasteiger partial charge in [-0.1, -0.05) is 46.5 Å². The molecule has 2 nitrogen and oxygen atoms in total. The summed E-state index contributed by atoms with van der Waals surface area (Å²) in [6, 6.07) is 0. The molecule has 0 aromatic carbocycles. The number of unbranched alkanes of at least 4 members (excludes halogenated alkanes) is 2. The molecule has 0 saturated carbocycles. The number of hydrogen-bond donors (Lipinski definition) is 2. The minimum atomic E-state index is 0.302. The van der Waals surface area contributed by atoms with Gasteiger partial charge in [-0.2, -0.15) is 0 Å². The van der Waals surface area contributed by atoms with Crippen molar-refractivity contribution in [1.29, 1.82) is 0 Å². The maximum Gasteiger partial charge on any atom is 0.0443 e. The first kappa shape index (κ1) is 16.9. The first-order chi connectivity index (χ1) is 8.18. The Kier molecular flexibility index (Phi) is 11.0. The Morgan fingerprint density at radius 3 is 1.94 bits per heavy atom. The second-order valence-corrected chi connectivity index (χ2v) is 5.59. The summed E-state index contributed by atoms with van der Waals surface area (Å²) < 4.78 is 0. The molecule has 0 heterocycles. The summed E-state index contributed by atoms with van der Waals surface area (Å²) >= 11 is 0. The normalized spacial score (nSPS) is 12.0. The molecular weight excluding hydrogens is 210 g/mol. The molecular formula is C15H33NO. The second-order valence-electron chi connectivity index (χ2n) is 5.59. The van der Waals surface area contributed by atoms with Crippen molar-refractivity contribution in [3.63, 3.8) is 0 Å². The number of aliphatic hydroxyl groups excluding tert-OH is 1. The molecule has 0 unspecified atom stereocenters. The summed E-state index contributed by atoms with van der Waals surface area (Å²) in [7, 11) is 0. The van der Waals surface area contributed by atoms with Crippen LogP contribution in [0.25, 0.3) is 0 Å². The third-order valence-electron chi connectivity index (χ3n) is 3.68. The van der Waals surface area contributed by atoms with Crippen LogP contribution in [-0.2, 0) is 0 Å². The van der Waals surface area contributed by atoms with Gasteiger partial charge in [-0.3, -0.25) is 0 Å². The minimum absolute atomic E-state index is 0.302. The van der Waals surface area contributed by atoms with E-state index in [4.69, 9.17) is 5.11 Å². The molecule has 0 aliphatic rings. The van der Waals surface area contributed by atoms with Crippen LogP contribution in [0.3, 0.4) is 0 Å². The molecule has 0 aromatic rings. The van der Waals surface area contributed by atoms with E-state index in [1.54, 1.807) is 0 Å². The summed E-state index contributed by atoms with van der Waals surface area (Å²) in [5, 5.41) is 12.2. The van der Waals surface area contributed by atoms with Crippen molar-refractivity contribution in [2.75, 3.05) is 19.7 Å². The maximum absolute atomic E-state index is 8.72. The number of aliphatic hydroxyl groups is 1. The van der Waals surface area contributed by atoms with Crippen molar-refractivity contribution in [3.8, 4) is 0 Å². The topological polar surface area (TPSA) is 32.3 Å². The van der Waals surface area contributed by atoms with Gasteiger partial charge in [0.05, 0.1) is 0 Å². The summed E-state index contributed by atoms with van der Waals surface area (Å²) in [4.78, 5) is 0. The Bertz CT molecular complexity index is 151. The van der Waals surface area contributed by atoms with Crippen LogP contribution in [0.1, 0.15) is 72.1 Å². The van der Waals surface area contributed by atoms with Gasteiger partial charge < -0.3 is 10.4 Å².